The molecule has 0 aliphatic heterocycles. The summed E-state index contributed by atoms with van der Waals surface area (Å²) in [5, 5.41) is 22.8. The molecule has 4 aliphatic rings. The average molecular weight is 665 g/mol. The number of Topliss-reactive ketones (excluding diaryl/α,β-unsaturated/α-hetero) is 4. The molecule has 0 saturated heterocycles. The number of ether oxygens (including phenoxy) is 1. The molecule has 4 N–H and O–H groups in total. The van der Waals surface area contributed by atoms with Crippen molar-refractivity contribution in [2.24, 2.45) is 35.3 Å². The summed E-state index contributed by atoms with van der Waals surface area (Å²) in [6.07, 6.45) is 3.27. The summed E-state index contributed by atoms with van der Waals surface area (Å²) >= 11 is 3.40. The number of hydrogen-bond acceptors (Lipinski definition) is 9. The molecular weight excluding hydrogens is 634 g/mol. The number of carbonyl (C=O) groups is 6. The van der Waals surface area contributed by atoms with Crippen LogP contribution in [0.3, 0.4) is 0 Å². The number of aromatic hydroxyl groups is 1. The van der Waals surface area contributed by atoms with E-state index in [1.807, 2.05) is 0 Å². The molecule has 44 heavy (non-hydrogen) atoms. The van der Waals surface area contributed by atoms with E-state index < -0.39 is 88.5 Å². The Morgan fingerprint density at radius 3 is 2.32 bits per heavy atom. The van der Waals surface area contributed by atoms with E-state index in [1.165, 1.54) is 12.1 Å². The first kappa shape index (κ1) is 30.1. The molecule has 2 unspecified atom stereocenters. The van der Waals surface area contributed by atoms with Crippen molar-refractivity contribution < 1.29 is 43.7 Å². The monoisotopic (exact) mass is 663 g/mol. The van der Waals surface area contributed by atoms with E-state index >= 15 is 0 Å². The maximum Gasteiger partial charge on any atom is 0.309 e. The number of aliphatic hydroxyl groups is 1. The van der Waals surface area contributed by atoms with Crippen LogP contribution in [0.1, 0.15) is 60.0 Å². The lowest BCUT2D eigenvalue weighted by Crippen LogP contribution is -2.72. The number of benzene rings is 2. The van der Waals surface area contributed by atoms with Crippen LogP contribution in [-0.4, -0.2) is 56.9 Å². The highest BCUT2D eigenvalue weighted by Gasteiger charge is 2.71. The summed E-state index contributed by atoms with van der Waals surface area (Å²) in [6, 6.07) is 11.5. The van der Waals surface area contributed by atoms with Crippen molar-refractivity contribution in [1.29, 1.82) is 0 Å². The lowest BCUT2D eigenvalue weighted by atomic mass is 9.51. The second-order valence-corrected chi connectivity index (χ2v) is 13.0. The third kappa shape index (κ3) is 4.64. The van der Waals surface area contributed by atoms with Gasteiger partial charge in [-0.25, -0.2) is 0 Å². The number of ketones is 4. The Balaban J connectivity index is 1.58. The summed E-state index contributed by atoms with van der Waals surface area (Å²) in [6.45, 7) is 0. The number of rotatable bonds is 4. The molecule has 10 nitrogen and oxygen atoms in total. The van der Waals surface area contributed by atoms with Gasteiger partial charge >= 0.3 is 5.97 Å². The predicted molar refractivity (Wildman–Crippen MR) is 159 cm³/mol. The molecule has 1 amide bonds. The van der Waals surface area contributed by atoms with Crippen LogP contribution < -0.4 is 5.73 Å². The van der Waals surface area contributed by atoms with E-state index in [0.29, 0.717) is 29.5 Å². The zero-order chi connectivity index (χ0) is 31.5. The van der Waals surface area contributed by atoms with Gasteiger partial charge in [-0.1, -0.05) is 65.5 Å². The highest BCUT2D eigenvalue weighted by Crippen LogP contribution is 2.55. The first-order chi connectivity index (χ1) is 20.9. The minimum absolute atomic E-state index is 0.185. The van der Waals surface area contributed by atoms with Gasteiger partial charge < -0.3 is 20.7 Å². The summed E-state index contributed by atoms with van der Waals surface area (Å²) in [5.41, 5.74) is 3.46. The number of phenols is 1. The number of fused-ring (bicyclic) bond motifs is 3. The second-order valence-electron chi connectivity index (χ2n) is 12.1. The number of phenolic OH excluding ortho intramolecular Hbond substituents is 1. The fraction of sp³-hybridized carbons (Fsp3) is 0.394. The average Bonchev–Trinajstić information content (AvgIpc) is 2.99. The van der Waals surface area contributed by atoms with E-state index in [-0.39, 0.29) is 5.56 Å². The van der Waals surface area contributed by atoms with Crippen molar-refractivity contribution in [1.82, 2.24) is 0 Å². The van der Waals surface area contributed by atoms with Crippen LogP contribution >= 0.6 is 15.9 Å². The number of esters is 1. The van der Waals surface area contributed by atoms with Gasteiger partial charge in [0.15, 0.2) is 34.7 Å². The summed E-state index contributed by atoms with van der Waals surface area (Å²) < 4.78 is 6.92. The van der Waals surface area contributed by atoms with Crippen molar-refractivity contribution >= 4 is 62.6 Å². The van der Waals surface area contributed by atoms with Crippen LogP contribution in [0.4, 0.5) is 0 Å². The Morgan fingerprint density at radius 2 is 1.66 bits per heavy atom. The lowest BCUT2D eigenvalue weighted by Gasteiger charge is -2.52. The lowest BCUT2D eigenvalue weighted by molar-refractivity contribution is -0.196. The molecule has 2 aromatic rings. The maximum atomic E-state index is 14.3. The maximum absolute atomic E-state index is 14.3. The molecule has 0 radical (unpaired) electrons. The Labute approximate surface area is 260 Å². The van der Waals surface area contributed by atoms with Crippen LogP contribution in [0, 0.1) is 29.6 Å². The Hall–Kier alpha value is -3.96. The summed E-state index contributed by atoms with van der Waals surface area (Å²) in [7, 11) is 0. The van der Waals surface area contributed by atoms with Gasteiger partial charge in [0.2, 0.25) is 5.91 Å². The zero-order valence-electron chi connectivity index (χ0n) is 23.5. The quantitative estimate of drug-likeness (QED) is 0.327. The third-order valence-electron chi connectivity index (χ3n) is 9.59. The largest absolute Gasteiger partial charge is 0.507 e. The van der Waals surface area contributed by atoms with Gasteiger partial charge in [-0.05, 0) is 47.7 Å². The van der Waals surface area contributed by atoms with Crippen LogP contribution in [0.5, 0.6) is 5.75 Å². The Morgan fingerprint density at radius 1 is 0.977 bits per heavy atom. The van der Waals surface area contributed by atoms with Crippen LogP contribution in [0.25, 0.3) is 11.6 Å². The molecular formula is C33H30BrNO9. The van der Waals surface area contributed by atoms with Gasteiger partial charge in [-0.2, -0.15) is 0 Å². The Kier molecular flexibility index (Phi) is 7.65. The van der Waals surface area contributed by atoms with Gasteiger partial charge in [0, 0.05) is 22.7 Å². The minimum atomic E-state index is -3.01. The van der Waals surface area contributed by atoms with Crippen molar-refractivity contribution in [2.75, 3.05) is 0 Å². The topological polar surface area (TPSA) is 178 Å². The van der Waals surface area contributed by atoms with Crippen molar-refractivity contribution in [3.63, 3.8) is 0 Å². The molecule has 6 rings (SSSR count). The molecule has 0 spiro atoms. The zero-order valence-corrected chi connectivity index (χ0v) is 25.1. The number of amides is 1. The molecule has 4 aliphatic carbocycles. The van der Waals surface area contributed by atoms with Crippen LogP contribution in [0.15, 0.2) is 46.9 Å². The normalized spacial score (nSPS) is 31.2. The fourth-order valence-electron chi connectivity index (χ4n) is 7.47. The molecule has 228 valence electrons. The fourth-order valence-corrected chi connectivity index (χ4v) is 7.73. The minimum Gasteiger partial charge on any atom is -0.507 e. The molecule has 0 aromatic heterocycles. The SMILES string of the molecule is NC(=O)C1C(=O)C[C@@H]2[C@@H](OC(=O)C3CCCCC3)[C@@H]3C(=Cc4ccc(Br)cc4)c4cccc(O)c4C(=O)C3C(=O)[C@]2(O)C1=O. The van der Waals surface area contributed by atoms with Crippen molar-refractivity contribution in [3.8, 4) is 5.75 Å². The number of hydrogen-bond donors (Lipinski definition) is 3. The molecule has 3 fully saturated rings. The molecule has 0 bridgehead atoms. The first-order valence-corrected chi connectivity index (χ1v) is 15.4. The standard InChI is InChI=1S/C33H30BrNO9/c34-17-11-9-15(10-12-17)13-19-18-7-4-8-21(36)23(18)27(38)26-24(19)28(44-32(42)16-5-2-1-3-6-16)20-14-22(37)25(31(35)41)29(39)33(20,43)30(26)40/h4,7-13,16,20,24-26,28,36,43H,1-3,5-6,14H2,(H2,35,41)/t20-,24-,25?,26?,28-,33-/m1/s1. The summed E-state index contributed by atoms with van der Waals surface area (Å²) in [4.78, 5) is 81.0. The van der Waals surface area contributed by atoms with Gasteiger partial charge in [-0.15, -0.1) is 0 Å². The predicted octanol–water partition coefficient (Wildman–Crippen LogP) is 3.19. The van der Waals surface area contributed by atoms with E-state index in [2.05, 4.69) is 15.9 Å². The van der Waals surface area contributed by atoms with E-state index in [0.717, 1.165) is 23.7 Å². The van der Waals surface area contributed by atoms with Crippen LogP contribution in [-0.2, 0) is 28.7 Å². The van der Waals surface area contributed by atoms with Gasteiger partial charge in [0.25, 0.3) is 0 Å². The van der Waals surface area contributed by atoms with E-state index in [9.17, 15) is 39.0 Å². The second kappa shape index (κ2) is 11.2. The van der Waals surface area contributed by atoms with E-state index in [4.69, 9.17) is 10.5 Å². The Bertz CT molecular complexity index is 1640. The molecule has 6 atom stereocenters. The number of nitrogens with two attached hydrogens (primary N) is 1. The van der Waals surface area contributed by atoms with Crippen molar-refractivity contribution in [3.05, 3.63) is 63.6 Å². The van der Waals surface area contributed by atoms with Gasteiger partial charge in [0.05, 0.1) is 17.4 Å². The van der Waals surface area contributed by atoms with Gasteiger partial charge in [0.1, 0.15) is 11.9 Å². The summed E-state index contributed by atoms with van der Waals surface area (Å²) in [5.74, 6) is -13.9. The highest BCUT2D eigenvalue weighted by atomic mass is 79.9. The van der Waals surface area contributed by atoms with E-state index in [1.54, 1.807) is 36.4 Å². The molecule has 11 heteroatoms. The number of primary amides is 1. The highest BCUT2D eigenvalue weighted by molar-refractivity contribution is 9.10. The smallest absolute Gasteiger partial charge is 0.309 e. The van der Waals surface area contributed by atoms with Gasteiger partial charge in [-0.3, -0.25) is 28.8 Å². The molecule has 2 aromatic carbocycles. The van der Waals surface area contributed by atoms with Crippen molar-refractivity contribution in [2.45, 2.75) is 50.2 Å². The van der Waals surface area contributed by atoms with Crippen LogP contribution in [0.2, 0.25) is 0 Å². The first-order valence-electron chi connectivity index (χ1n) is 14.6. The third-order valence-corrected chi connectivity index (χ3v) is 10.1. The number of carbonyl (C=O) groups excluding carboxylic acids is 6. The number of halogens is 1. The molecule has 0 heterocycles. The molecule has 3 saturated carbocycles.